The Labute approximate surface area is 170 Å². The van der Waals surface area contributed by atoms with Crippen LogP contribution in [0.4, 0.5) is 15.8 Å². The van der Waals surface area contributed by atoms with Crippen LogP contribution in [0, 0.1) is 5.82 Å². The number of carbonyl (C=O) groups excluding carboxylic acids is 1. The van der Waals surface area contributed by atoms with Gasteiger partial charge < -0.3 is 15.1 Å². The van der Waals surface area contributed by atoms with Crippen LogP contribution in [0.25, 0.3) is 0 Å². The Balaban J connectivity index is 1.51. The molecule has 7 nitrogen and oxygen atoms in total. The number of anilines is 2. The van der Waals surface area contributed by atoms with Crippen LogP contribution < -0.4 is 15.1 Å². The monoisotopic (exact) mass is 421 g/mol. The molecule has 0 spiro atoms. The van der Waals surface area contributed by atoms with Gasteiger partial charge >= 0.3 is 0 Å². The molecular weight excluding hydrogens is 395 g/mol. The Bertz CT molecular complexity index is 956. The highest BCUT2D eigenvalue weighted by Gasteiger charge is 2.24. The molecule has 0 saturated carbocycles. The Hall–Kier alpha value is -2.49. The molecule has 2 aromatic carbocycles. The first-order chi connectivity index (χ1) is 13.8. The number of nitrogens with one attached hydrogen (secondary N) is 2. The minimum absolute atomic E-state index is 0.137. The molecule has 1 fully saturated rings. The van der Waals surface area contributed by atoms with Crippen molar-refractivity contribution in [2.24, 2.45) is 0 Å². The van der Waals surface area contributed by atoms with Gasteiger partial charge in [-0.3, -0.25) is 4.79 Å². The maximum atomic E-state index is 13.9. The topological polar surface area (TPSA) is 74.2 Å². The van der Waals surface area contributed by atoms with Gasteiger partial charge in [0.15, 0.2) is 6.54 Å². The van der Waals surface area contributed by atoms with Crippen molar-refractivity contribution in [1.82, 2.24) is 4.31 Å². The number of sulfonamides is 1. The molecule has 1 aliphatic rings. The number of hydrogen-bond acceptors (Lipinski definition) is 4. The standard InChI is InChI=1S/C20H25FN4O3S/c1-23(2)29(27,28)17-9-7-16(8-10-17)22-20(26)15-24-11-13-25(14-12-24)19-6-4-3-5-18(19)21/h3-10H,11-15H2,1-2H3,(H,22,26)/p+1. The quantitative estimate of drug-likeness (QED) is 0.709. The van der Waals surface area contributed by atoms with Gasteiger partial charge in [0.25, 0.3) is 5.91 Å². The van der Waals surface area contributed by atoms with E-state index in [0.29, 0.717) is 31.0 Å². The molecule has 1 amide bonds. The molecule has 0 radical (unpaired) electrons. The number of carbonyl (C=O) groups is 1. The Kier molecular flexibility index (Phi) is 6.51. The molecule has 0 aliphatic carbocycles. The highest BCUT2D eigenvalue weighted by atomic mass is 32.2. The average Bonchev–Trinajstić information content (AvgIpc) is 2.69. The third-order valence-corrected chi connectivity index (χ3v) is 6.82. The van der Waals surface area contributed by atoms with Gasteiger partial charge in [-0.1, -0.05) is 12.1 Å². The minimum Gasteiger partial charge on any atom is -0.358 e. The maximum Gasteiger partial charge on any atom is 0.279 e. The Morgan fingerprint density at radius 3 is 2.31 bits per heavy atom. The van der Waals surface area contributed by atoms with E-state index in [9.17, 15) is 17.6 Å². The van der Waals surface area contributed by atoms with Crippen LogP contribution >= 0.6 is 0 Å². The molecule has 156 valence electrons. The van der Waals surface area contributed by atoms with Crippen molar-refractivity contribution in [1.29, 1.82) is 0 Å². The van der Waals surface area contributed by atoms with Gasteiger partial charge in [-0.25, -0.2) is 17.1 Å². The summed E-state index contributed by atoms with van der Waals surface area (Å²) in [5.74, 6) is -0.365. The highest BCUT2D eigenvalue weighted by molar-refractivity contribution is 7.89. The molecule has 2 aromatic rings. The Morgan fingerprint density at radius 1 is 1.10 bits per heavy atom. The van der Waals surface area contributed by atoms with Gasteiger partial charge in [0, 0.05) is 19.8 Å². The lowest BCUT2D eigenvalue weighted by molar-refractivity contribution is -0.892. The summed E-state index contributed by atoms with van der Waals surface area (Å²) < 4.78 is 39.2. The predicted molar refractivity (Wildman–Crippen MR) is 110 cm³/mol. The van der Waals surface area contributed by atoms with Gasteiger partial charge in [-0.2, -0.15) is 0 Å². The van der Waals surface area contributed by atoms with E-state index < -0.39 is 10.0 Å². The first-order valence-electron chi connectivity index (χ1n) is 9.43. The SMILES string of the molecule is CN(C)S(=O)(=O)c1ccc(NC(=O)C[NH+]2CCN(c3ccccc3F)CC2)cc1. The van der Waals surface area contributed by atoms with Crippen LogP contribution in [0.1, 0.15) is 0 Å². The summed E-state index contributed by atoms with van der Waals surface area (Å²) in [5, 5.41) is 2.81. The summed E-state index contributed by atoms with van der Waals surface area (Å²) in [6.07, 6.45) is 0. The largest absolute Gasteiger partial charge is 0.358 e. The van der Waals surface area contributed by atoms with E-state index in [1.807, 2.05) is 11.0 Å². The summed E-state index contributed by atoms with van der Waals surface area (Å²) in [7, 11) is -0.547. The lowest BCUT2D eigenvalue weighted by atomic mass is 10.2. The van der Waals surface area contributed by atoms with E-state index in [1.54, 1.807) is 24.3 Å². The number of nitrogens with zero attached hydrogens (tertiary/aromatic N) is 2. The van der Waals surface area contributed by atoms with Crippen molar-refractivity contribution >= 4 is 27.3 Å². The number of piperazine rings is 1. The van der Waals surface area contributed by atoms with Gasteiger partial charge in [-0.05, 0) is 36.4 Å². The zero-order chi connectivity index (χ0) is 21.0. The van der Waals surface area contributed by atoms with Crippen LogP contribution in [0.2, 0.25) is 0 Å². The smallest absolute Gasteiger partial charge is 0.279 e. The predicted octanol–water partition coefficient (Wildman–Crippen LogP) is 0.420. The van der Waals surface area contributed by atoms with Gasteiger partial charge in [-0.15, -0.1) is 0 Å². The number of amides is 1. The molecule has 9 heteroatoms. The zero-order valence-electron chi connectivity index (χ0n) is 16.6. The lowest BCUT2D eigenvalue weighted by Gasteiger charge is -2.33. The summed E-state index contributed by atoms with van der Waals surface area (Å²) in [4.78, 5) is 15.6. The molecule has 1 aliphatic heterocycles. The molecule has 0 bridgehead atoms. The molecule has 1 heterocycles. The second-order valence-electron chi connectivity index (χ2n) is 7.23. The fourth-order valence-corrected chi connectivity index (χ4v) is 4.20. The van der Waals surface area contributed by atoms with Crippen LogP contribution in [0.3, 0.4) is 0 Å². The van der Waals surface area contributed by atoms with Crippen LogP contribution in [0.15, 0.2) is 53.4 Å². The van der Waals surface area contributed by atoms with Crippen LogP contribution in [0.5, 0.6) is 0 Å². The first kappa shape index (κ1) is 21.2. The van der Waals surface area contributed by atoms with E-state index in [1.165, 1.54) is 32.3 Å². The van der Waals surface area contributed by atoms with E-state index in [0.717, 1.165) is 22.3 Å². The summed E-state index contributed by atoms with van der Waals surface area (Å²) >= 11 is 0. The first-order valence-corrected chi connectivity index (χ1v) is 10.9. The van der Waals surface area contributed by atoms with Crippen molar-refractivity contribution in [3.63, 3.8) is 0 Å². The van der Waals surface area contributed by atoms with Crippen LogP contribution in [-0.2, 0) is 14.8 Å². The van der Waals surface area contributed by atoms with Gasteiger partial charge in [0.1, 0.15) is 5.82 Å². The molecular formula is C20H26FN4O3S+. The number of benzene rings is 2. The summed E-state index contributed by atoms with van der Waals surface area (Å²) in [6, 6.07) is 12.8. The third kappa shape index (κ3) is 5.11. The third-order valence-electron chi connectivity index (χ3n) is 4.99. The fourth-order valence-electron chi connectivity index (χ4n) is 3.30. The van der Waals surface area contributed by atoms with E-state index in [4.69, 9.17) is 0 Å². The van der Waals surface area contributed by atoms with E-state index >= 15 is 0 Å². The molecule has 0 unspecified atom stereocenters. The van der Waals surface area contributed by atoms with E-state index in [2.05, 4.69) is 5.32 Å². The minimum atomic E-state index is -3.49. The molecule has 1 saturated heterocycles. The maximum absolute atomic E-state index is 13.9. The van der Waals surface area contributed by atoms with Gasteiger partial charge in [0.2, 0.25) is 10.0 Å². The second-order valence-corrected chi connectivity index (χ2v) is 9.38. The molecule has 0 atom stereocenters. The highest BCUT2D eigenvalue weighted by Crippen LogP contribution is 2.18. The molecule has 3 rings (SSSR count). The second kappa shape index (κ2) is 8.89. The van der Waals surface area contributed by atoms with Crippen molar-refractivity contribution in [2.45, 2.75) is 4.90 Å². The number of quaternary nitrogens is 1. The normalized spacial score (nSPS) is 15.5. The fraction of sp³-hybridized carbons (Fsp3) is 0.350. The number of halogens is 1. The summed E-state index contributed by atoms with van der Waals surface area (Å²) in [5.41, 5.74) is 1.15. The van der Waals surface area contributed by atoms with Crippen molar-refractivity contribution in [2.75, 3.05) is 57.0 Å². The van der Waals surface area contributed by atoms with Gasteiger partial charge in [0.05, 0.1) is 36.8 Å². The van der Waals surface area contributed by atoms with Crippen molar-refractivity contribution in [3.8, 4) is 0 Å². The van der Waals surface area contributed by atoms with E-state index in [-0.39, 0.29) is 16.6 Å². The average molecular weight is 422 g/mol. The number of para-hydroxylation sites is 1. The van der Waals surface area contributed by atoms with Crippen molar-refractivity contribution in [3.05, 3.63) is 54.3 Å². The lowest BCUT2D eigenvalue weighted by Crippen LogP contribution is -3.15. The summed E-state index contributed by atoms with van der Waals surface area (Å²) in [6.45, 7) is 3.15. The molecule has 0 aromatic heterocycles. The van der Waals surface area contributed by atoms with Crippen molar-refractivity contribution < 1.29 is 22.5 Å². The van der Waals surface area contributed by atoms with Crippen LogP contribution in [-0.4, -0.2) is 65.4 Å². The number of hydrogen-bond donors (Lipinski definition) is 2. The zero-order valence-corrected chi connectivity index (χ0v) is 17.4. The molecule has 29 heavy (non-hydrogen) atoms. The number of rotatable bonds is 6. The molecule has 2 N–H and O–H groups in total. The Morgan fingerprint density at radius 2 is 1.72 bits per heavy atom.